The van der Waals surface area contributed by atoms with E-state index in [0.717, 1.165) is 12.0 Å². The monoisotopic (exact) mass is 288 g/mol. The molecule has 6 heteroatoms. The van der Waals surface area contributed by atoms with Gasteiger partial charge in [-0.2, -0.15) is 0 Å². The Morgan fingerprint density at radius 3 is 2.45 bits per heavy atom. The van der Waals surface area contributed by atoms with Crippen LogP contribution in [0.3, 0.4) is 0 Å². The lowest BCUT2D eigenvalue weighted by atomic mass is 10.1. The molecule has 20 heavy (non-hydrogen) atoms. The van der Waals surface area contributed by atoms with Crippen LogP contribution in [-0.4, -0.2) is 19.1 Å². The van der Waals surface area contributed by atoms with Gasteiger partial charge < -0.3 is 0 Å². The van der Waals surface area contributed by atoms with Gasteiger partial charge in [0, 0.05) is 31.0 Å². The van der Waals surface area contributed by atoms with Gasteiger partial charge in [-0.1, -0.05) is 23.7 Å². The molecule has 3 aromatic rings. The smallest absolute Gasteiger partial charge is 0.278 e. The van der Waals surface area contributed by atoms with Crippen LogP contribution in [0.1, 0.15) is 5.56 Å². The van der Waals surface area contributed by atoms with Crippen LogP contribution in [0.2, 0.25) is 5.02 Å². The topological polar surface area (TPSA) is 52.7 Å². The van der Waals surface area contributed by atoms with E-state index in [0.29, 0.717) is 22.9 Å². The van der Waals surface area contributed by atoms with E-state index in [1.807, 2.05) is 24.3 Å². The van der Waals surface area contributed by atoms with Crippen molar-refractivity contribution >= 4 is 22.9 Å². The van der Waals surface area contributed by atoms with Crippen molar-refractivity contribution in [2.45, 2.75) is 13.0 Å². The molecule has 1 aromatic carbocycles. The van der Waals surface area contributed by atoms with Crippen LogP contribution in [0, 0.1) is 0 Å². The van der Waals surface area contributed by atoms with Gasteiger partial charge >= 0.3 is 5.69 Å². The average molecular weight is 289 g/mol. The average Bonchev–Trinajstić information content (AvgIpc) is 2.71. The van der Waals surface area contributed by atoms with E-state index in [9.17, 15) is 4.79 Å². The lowest BCUT2D eigenvalue weighted by Crippen LogP contribution is -2.23. The SMILES string of the molecule is Cn1c(=O)n(CCc2ccc(Cl)cc2)c2nccnc21. The maximum atomic E-state index is 12.2. The number of benzene rings is 1. The lowest BCUT2D eigenvalue weighted by Gasteiger charge is -2.03. The van der Waals surface area contributed by atoms with E-state index in [4.69, 9.17) is 11.6 Å². The molecule has 0 spiro atoms. The number of aryl methyl sites for hydroxylation is 3. The van der Waals surface area contributed by atoms with Crippen LogP contribution in [0.5, 0.6) is 0 Å². The van der Waals surface area contributed by atoms with Gasteiger partial charge in [-0.15, -0.1) is 0 Å². The Morgan fingerprint density at radius 1 is 1.10 bits per heavy atom. The molecule has 102 valence electrons. The van der Waals surface area contributed by atoms with E-state index in [2.05, 4.69) is 9.97 Å². The molecule has 0 aliphatic carbocycles. The second-order valence-corrected chi connectivity index (χ2v) is 5.01. The summed E-state index contributed by atoms with van der Waals surface area (Å²) < 4.78 is 3.17. The summed E-state index contributed by atoms with van der Waals surface area (Å²) in [6, 6.07) is 7.62. The predicted octanol–water partition coefficient (Wildman–Crippen LogP) is 2.03. The molecule has 0 unspecified atom stereocenters. The fraction of sp³-hybridized carbons (Fsp3) is 0.214. The molecule has 0 saturated heterocycles. The van der Waals surface area contributed by atoms with Gasteiger partial charge in [0.05, 0.1) is 0 Å². The molecule has 0 radical (unpaired) electrons. The van der Waals surface area contributed by atoms with Crippen molar-refractivity contribution in [2.75, 3.05) is 0 Å². The maximum absolute atomic E-state index is 12.2. The van der Waals surface area contributed by atoms with Crippen molar-refractivity contribution in [1.82, 2.24) is 19.1 Å². The largest absolute Gasteiger partial charge is 0.331 e. The third-order valence-electron chi connectivity index (χ3n) is 3.29. The van der Waals surface area contributed by atoms with Crippen LogP contribution in [0.25, 0.3) is 11.3 Å². The fourth-order valence-electron chi connectivity index (χ4n) is 2.21. The summed E-state index contributed by atoms with van der Waals surface area (Å²) in [4.78, 5) is 20.6. The quantitative estimate of drug-likeness (QED) is 0.741. The number of rotatable bonds is 3. The van der Waals surface area contributed by atoms with Gasteiger partial charge in [-0.3, -0.25) is 9.13 Å². The second-order valence-electron chi connectivity index (χ2n) is 4.57. The number of imidazole rings is 1. The molecular weight excluding hydrogens is 276 g/mol. The number of hydrogen-bond acceptors (Lipinski definition) is 3. The second kappa shape index (κ2) is 5.09. The predicted molar refractivity (Wildman–Crippen MR) is 77.9 cm³/mol. The first-order chi connectivity index (χ1) is 9.66. The van der Waals surface area contributed by atoms with Crippen LogP contribution < -0.4 is 5.69 Å². The zero-order valence-electron chi connectivity index (χ0n) is 11.0. The summed E-state index contributed by atoms with van der Waals surface area (Å²) in [5.74, 6) is 0. The summed E-state index contributed by atoms with van der Waals surface area (Å²) in [5.41, 5.74) is 2.25. The van der Waals surface area contributed by atoms with Gasteiger partial charge in [0.1, 0.15) is 0 Å². The molecule has 0 N–H and O–H groups in total. The number of halogens is 1. The molecule has 0 fully saturated rings. The number of hydrogen-bond donors (Lipinski definition) is 0. The van der Waals surface area contributed by atoms with Crippen molar-refractivity contribution in [2.24, 2.45) is 7.05 Å². The van der Waals surface area contributed by atoms with Crippen LogP contribution in [-0.2, 0) is 20.0 Å². The highest BCUT2D eigenvalue weighted by Gasteiger charge is 2.12. The van der Waals surface area contributed by atoms with E-state index < -0.39 is 0 Å². The molecule has 0 amide bonds. The van der Waals surface area contributed by atoms with E-state index in [1.165, 1.54) is 4.57 Å². The van der Waals surface area contributed by atoms with E-state index in [1.54, 1.807) is 24.0 Å². The summed E-state index contributed by atoms with van der Waals surface area (Å²) in [6.07, 6.45) is 3.93. The van der Waals surface area contributed by atoms with Crippen LogP contribution >= 0.6 is 11.6 Å². The summed E-state index contributed by atoms with van der Waals surface area (Å²) in [7, 11) is 1.71. The first-order valence-electron chi connectivity index (χ1n) is 6.27. The number of aromatic nitrogens is 4. The number of fused-ring (bicyclic) bond motifs is 1. The third-order valence-corrected chi connectivity index (χ3v) is 3.54. The Kier molecular flexibility index (Phi) is 3.28. The van der Waals surface area contributed by atoms with Crippen LogP contribution in [0.4, 0.5) is 0 Å². The number of nitrogens with zero attached hydrogens (tertiary/aromatic N) is 4. The van der Waals surface area contributed by atoms with Crippen molar-refractivity contribution in [1.29, 1.82) is 0 Å². The van der Waals surface area contributed by atoms with Gasteiger partial charge in [0.15, 0.2) is 11.3 Å². The summed E-state index contributed by atoms with van der Waals surface area (Å²) in [6.45, 7) is 0.566. The summed E-state index contributed by atoms with van der Waals surface area (Å²) >= 11 is 5.86. The van der Waals surface area contributed by atoms with Gasteiger partial charge in [0.2, 0.25) is 0 Å². The molecule has 2 heterocycles. The minimum absolute atomic E-state index is 0.0971. The Morgan fingerprint density at radius 2 is 1.75 bits per heavy atom. The van der Waals surface area contributed by atoms with Crippen molar-refractivity contribution < 1.29 is 0 Å². The molecule has 0 saturated carbocycles. The Labute approximate surface area is 120 Å². The van der Waals surface area contributed by atoms with Gasteiger partial charge in [-0.25, -0.2) is 14.8 Å². The van der Waals surface area contributed by atoms with E-state index >= 15 is 0 Å². The van der Waals surface area contributed by atoms with Crippen molar-refractivity contribution in [3.8, 4) is 0 Å². The molecule has 0 aliphatic rings. The molecular formula is C14H13ClN4O. The molecule has 0 bridgehead atoms. The Balaban J connectivity index is 1.93. The minimum Gasteiger partial charge on any atom is -0.278 e. The van der Waals surface area contributed by atoms with E-state index in [-0.39, 0.29) is 5.69 Å². The van der Waals surface area contributed by atoms with Gasteiger partial charge in [-0.05, 0) is 24.1 Å². The highest BCUT2D eigenvalue weighted by atomic mass is 35.5. The molecule has 2 aromatic heterocycles. The summed E-state index contributed by atoms with van der Waals surface area (Å²) in [5, 5.41) is 0.710. The highest BCUT2D eigenvalue weighted by molar-refractivity contribution is 6.30. The third kappa shape index (κ3) is 2.20. The first-order valence-corrected chi connectivity index (χ1v) is 6.65. The lowest BCUT2D eigenvalue weighted by molar-refractivity contribution is 0.661. The fourth-order valence-corrected chi connectivity index (χ4v) is 2.33. The minimum atomic E-state index is -0.0971. The normalized spacial score (nSPS) is 11.1. The Hall–Kier alpha value is -2.14. The zero-order valence-corrected chi connectivity index (χ0v) is 11.7. The first kappa shape index (κ1) is 12.9. The highest BCUT2D eigenvalue weighted by Crippen LogP contribution is 2.11. The Bertz CT molecular complexity index is 804. The van der Waals surface area contributed by atoms with Crippen LogP contribution in [0.15, 0.2) is 41.5 Å². The van der Waals surface area contributed by atoms with Crippen molar-refractivity contribution in [3.63, 3.8) is 0 Å². The molecule has 3 rings (SSSR count). The molecule has 0 aliphatic heterocycles. The standard InChI is InChI=1S/C14H13ClN4O/c1-18-12-13(17-8-7-16-12)19(14(18)20)9-6-10-2-4-11(15)5-3-10/h2-5,7-8H,6,9H2,1H3. The maximum Gasteiger partial charge on any atom is 0.331 e. The molecule has 5 nitrogen and oxygen atoms in total. The zero-order chi connectivity index (χ0) is 14.1. The van der Waals surface area contributed by atoms with Crippen molar-refractivity contribution in [3.05, 3.63) is 57.7 Å². The van der Waals surface area contributed by atoms with Gasteiger partial charge in [0.25, 0.3) is 0 Å². The molecule has 0 atom stereocenters.